The van der Waals surface area contributed by atoms with E-state index in [0.29, 0.717) is 0 Å². The van der Waals surface area contributed by atoms with Gasteiger partial charge in [-0.2, -0.15) is 5.10 Å². The summed E-state index contributed by atoms with van der Waals surface area (Å²) < 4.78 is 3.26. The van der Waals surface area contributed by atoms with Crippen LogP contribution in [-0.4, -0.2) is 16.8 Å². The van der Waals surface area contributed by atoms with E-state index in [4.69, 9.17) is 0 Å². The van der Waals surface area contributed by atoms with Gasteiger partial charge in [-0.3, -0.25) is 4.68 Å². The van der Waals surface area contributed by atoms with Gasteiger partial charge in [0.2, 0.25) is 0 Å². The maximum atomic E-state index is 4.40. The normalized spacial score (nSPS) is 12.6. The number of aromatic nitrogens is 2. The standard InChI is InChI=1S/C14H18IN3/c1-3-7-18-10-12(9-17-18)14(16-2)11-5-4-6-13(15)8-11/h4-6,8-10,14,16H,3,7H2,1-2H3. The van der Waals surface area contributed by atoms with Crippen molar-refractivity contribution in [2.24, 2.45) is 0 Å². The number of nitrogens with zero attached hydrogens (tertiary/aromatic N) is 2. The van der Waals surface area contributed by atoms with Crippen molar-refractivity contribution in [1.82, 2.24) is 15.1 Å². The molecule has 1 aromatic heterocycles. The first-order chi connectivity index (χ1) is 8.74. The summed E-state index contributed by atoms with van der Waals surface area (Å²) in [5.41, 5.74) is 2.49. The Morgan fingerprint density at radius 1 is 1.39 bits per heavy atom. The van der Waals surface area contributed by atoms with Crippen molar-refractivity contribution >= 4 is 22.6 Å². The van der Waals surface area contributed by atoms with E-state index in [1.807, 2.05) is 17.9 Å². The monoisotopic (exact) mass is 355 g/mol. The Morgan fingerprint density at radius 2 is 2.22 bits per heavy atom. The average molecular weight is 355 g/mol. The Balaban J connectivity index is 2.27. The predicted octanol–water partition coefficient (Wildman–Crippen LogP) is 3.21. The maximum absolute atomic E-state index is 4.40. The molecular weight excluding hydrogens is 337 g/mol. The van der Waals surface area contributed by atoms with Crippen molar-refractivity contribution in [2.75, 3.05) is 7.05 Å². The fraction of sp³-hybridized carbons (Fsp3) is 0.357. The van der Waals surface area contributed by atoms with Crippen molar-refractivity contribution in [2.45, 2.75) is 25.9 Å². The zero-order valence-electron chi connectivity index (χ0n) is 10.7. The third-order valence-corrected chi connectivity index (χ3v) is 3.58. The highest BCUT2D eigenvalue weighted by molar-refractivity contribution is 14.1. The van der Waals surface area contributed by atoms with Crippen LogP contribution in [0, 0.1) is 3.57 Å². The lowest BCUT2D eigenvalue weighted by Crippen LogP contribution is -2.17. The molecular formula is C14H18IN3. The fourth-order valence-corrected chi connectivity index (χ4v) is 2.66. The summed E-state index contributed by atoms with van der Waals surface area (Å²) in [5.74, 6) is 0. The fourth-order valence-electron chi connectivity index (χ4n) is 2.09. The van der Waals surface area contributed by atoms with Crippen LogP contribution in [0.1, 0.15) is 30.5 Å². The van der Waals surface area contributed by atoms with Gasteiger partial charge in [0, 0.05) is 21.9 Å². The molecule has 1 atom stereocenters. The molecule has 0 aliphatic carbocycles. The molecule has 1 aromatic carbocycles. The van der Waals surface area contributed by atoms with Crippen LogP contribution in [-0.2, 0) is 6.54 Å². The molecule has 96 valence electrons. The molecule has 0 aliphatic heterocycles. The second-order valence-corrected chi connectivity index (χ2v) is 5.56. The van der Waals surface area contributed by atoms with Gasteiger partial charge in [-0.05, 0) is 53.8 Å². The number of hydrogen-bond acceptors (Lipinski definition) is 2. The zero-order valence-corrected chi connectivity index (χ0v) is 12.9. The first-order valence-corrected chi connectivity index (χ1v) is 7.27. The highest BCUT2D eigenvalue weighted by atomic mass is 127. The molecule has 0 fully saturated rings. The summed E-state index contributed by atoms with van der Waals surface area (Å²) in [6.45, 7) is 3.14. The maximum Gasteiger partial charge on any atom is 0.0605 e. The number of halogens is 1. The largest absolute Gasteiger partial charge is 0.309 e. The minimum atomic E-state index is 0.213. The lowest BCUT2D eigenvalue weighted by atomic mass is 10.0. The Hall–Kier alpha value is -0.880. The lowest BCUT2D eigenvalue weighted by Gasteiger charge is -2.15. The highest BCUT2D eigenvalue weighted by Crippen LogP contribution is 2.22. The molecule has 18 heavy (non-hydrogen) atoms. The van der Waals surface area contributed by atoms with Gasteiger partial charge in [-0.15, -0.1) is 0 Å². The number of nitrogens with one attached hydrogen (secondary N) is 1. The average Bonchev–Trinajstić information content (AvgIpc) is 2.79. The minimum absolute atomic E-state index is 0.213. The van der Waals surface area contributed by atoms with Gasteiger partial charge >= 0.3 is 0 Å². The molecule has 0 amide bonds. The summed E-state index contributed by atoms with van der Waals surface area (Å²) in [4.78, 5) is 0. The van der Waals surface area contributed by atoms with E-state index >= 15 is 0 Å². The number of rotatable bonds is 5. The molecule has 3 nitrogen and oxygen atoms in total. The van der Waals surface area contributed by atoms with Crippen molar-refractivity contribution < 1.29 is 0 Å². The molecule has 1 unspecified atom stereocenters. The van der Waals surface area contributed by atoms with E-state index < -0.39 is 0 Å². The smallest absolute Gasteiger partial charge is 0.0605 e. The van der Waals surface area contributed by atoms with Gasteiger partial charge in [0.05, 0.1) is 12.2 Å². The molecule has 0 saturated heterocycles. The second-order valence-electron chi connectivity index (χ2n) is 4.31. The van der Waals surface area contributed by atoms with Crippen molar-refractivity contribution in [1.29, 1.82) is 0 Å². The molecule has 0 saturated carbocycles. The van der Waals surface area contributed by atoms with E-state index in [2.05, 4.69) is 70.4 Å². The molecule has 0 spiro atoms. The molecule has 0 aliphatic rings. The van der Waals surface area contributed by atoms with Gasteiger partial charge in [-0.25, -0.2) is 0 Å². The molecule has 0 bridgehead atoms. The van der Waals surface area contributed by atoms with Crippen LogP contribution in [0.5, 0.6) is 0 Å². The second kappa shape index (κ2) is 6.33. The topological polar surface area (TPSA) is 29.9 Å². The van der Waals surface area contributed by atoms with Gasteiger partial charge in [0.25, 0.3) is 0 Å². The van der Waals surface area contributed by atoms with Crippen LogP contribution in [0.2, 0.25) is 0 Å². The van der Waals surface area contributed by atoms with E-state index in [9.17, 15) is 0 Å². The summed E-state index contributed by atoms with van der Waals surface area (Å²) in [5, 5.41) is 7.76. The third kappa shape index (κ3) is 3.11. The highest BCUT2D eigenvalue weighted by Gasteiger charge is 2.13. The molecule has 1 heterocycles. The van der Waals surface area contributed by atoms with Crippen LogP contribution in [0.25, 0.3) is 0 Å². The quantitative estimate of drug-likeness (QED) is 0.835. The molecule has 2 aromatic rings. The van der Waals surface area contributed by atoms with Crippen LogP contribution in [0.4, 0.5) is 0 Å². The van der Waals surface area contributed by atoms with Gasteiger partial charge in [-0.1, -0.05) is 19.1 Å². The van der Waals surface area contributed by atoms with Gasteiger partial charge < -0.3 is 5.32 Å². The van der Waals surface area contributed by atoms with E-state index in [1.165, 1.54) is 14.7 Å². The third-order valence-electron chi connectivity index (χ3n) is 2.91. The first kappa shape index (κ1) is 13.5. The van der Waals surface area contributed by atoms with Gasteiger partial charge in [0.1, 0.15) is 0 Å². The minimum Gasteiger partial charge on any atom is -0.309 e. The zero-order chi connectivity index (χ0) is 13.0. The van der Waals surface area contributed by atoms with Crippen molar-refractivity contribution in [3.05, 3.63) is 51.4 Å². The van der Waals surface area contributed by atoms with E-state index in [0.717, 1.165) is 13.0 Å². The molecule has 4 heteroatoms. The van der Waals surface area contributed by atoms with Crippen molar-refractivity contribution in [3.8, 4) is 0 Å². The SMILES string of the molecule is CCCn1cc(C(NC)c2cccc(I)c2)cn1. The van der Waals surface area contributed by atoms with Crippen molar-refractivity contribution in [3.63, 3.8) is 0 Å². The summed E-state index contributed by atoms with van der Waals surface area (Å²) in [6.07, 6.45) is 5.19. The number of aryl methyl sites for hydroxylation is 1. The summed E-state index contributed by atoms with van der Waals surface area (Å²) in [6, 6.07) is 8.78. The van der Waals surface area contributed by atoms with Crippen LogP contribution in [0.3, 0.4) is 0 Å². The Labute approximate surface area is 122 Å². The Morgan fingerprint density at radius 3 is 2.89 bits per heavy atom. The predicted molar refractivity (Wildman–Crippen MR) is 82.6 cm³/mol. The Bertz CT molecular complexity index is 507. The summed E-state index contributed by atoms with van der Waals surface area (Å²) in [7, 11) is 1.99. The van der Waals surface area contributed by atoms with Crippen LogP contribution in [0.15, 0.2) is 36.7 Å². The van der Waals surface area contributed by atoms with Crippen LogP contribution < -0.4 is 5.32 Å². The molecule has 1 N–H and O–H groups in total. The first-order valence-electron chi connectivity index (χ1n) is 6.19. The Kier molecular flexibility index (Phi) is 4.77. The number of benzene rings is 1. The molecule has 2 rings (SSSR count). The van der Waals surface area contributed by atoms with Crippen LogP contribution >= 0.6 is 22.6 Å². The van der Waals surface area contributed by atoms with E-state index in [1.54, 1.807) is 0 Å². The lowest BCUT2D eigenvalue weighted by molar-refractivity contribution is 0.600. The summed E-state index contributed by atoms with van der Waals surface area (Å²) >= 11 is 2.34. The number of hydrogen-bond donors (Lipinski definition) is 1. The molecule has 0 radical (unpaired) electrons. The van der Waals surface area contributed by atoms with E-state index in [-0.39, 0.29) is 6.04 Å². The van der Waals surface area contributed by atoms with Gasteiger partial charge in [0.15, 0.2) is 0 Å².